The minimum atomic E-state index is -0.260. The summed E-state index contributed by atoms with van der Waals surface area (Å²) in [7, 11) is 1.40. The van der Waals surface area contributed by atoms with E-state index in [2.05, 4.69) is 25.7 Å². The highest BCUT2D eigenvalue weighted by molar-refractivity contribution is 9.10. The van der Waals surface area contributed by atoms with Crippen molar-refractivity contribution in [1.29, 1.82) is 0 Å². The number of halogens is 1. The van der Waals surface area contributed by atoms with Gasteiger partial charge in [0.05, 0.1) is 17.3 Å². The number of hydrogen-bond acceptors (Lipinski definition) is 2. The smallest absolute Gasteiger partial charge is 0.339 e. The fourth-order valence-electron chi connectivity index (χ4n) is 1.46. The summed E-state index contributed by atoms with van der Waals surface area (Å²) in [4.78, 5) is 14.3. The van der Waals surface area contributed by atoms with Gasteiger partial charge >= 0.3 is 5.97 Å². The molecule has 1 aromatic rings. The molecule has 13 heavy (non-hydrogen) atoms. The number of H-pyrrole nitrogens is 1. The van der Waals surface area contributed by atoms with Gasteiger partial charge in [-0.05, 0) is 34.7 Å². The number of esters is 1. The lowest BCUT2D eigenvalue weighted by Crippen LogP contribution is -2.02. The molecule has 70 valence electrons. The van der Waals surface area contributed by atoms with Crippen LogP contribution in [0.2, 0.25) is 0 Å². The van der Waals surface area contributed by atoms with Crippen molar-refractivity contribution in [3.05, 3.63) is 21.9 Å². The maximum Gasteiger partial charge on any atom is 0.339 e. The lowest BCUT2D eigenvalue weighted by atomic mass is 10.1. The Morgan fingerprint density at radius 3 is 2.92 bits per heavy atom. The van der Waals surface area contributed by atoms with Crippen LogP contribution >= 0.6 is 15.9 Å². The summed E-state index contributed by atoms with van der Waals surface area (Å²) in [5.74, 6) is 0.276. The first-order valence-corrected chi connectivity index (χ1v) is 4.98. The summed E-state index contributed by atoms with van der Waals surface area (Å²) in [5, 5.41) is 0. The third-order valence-electron chi connectivity index (χ3n) is 2.26. The number of nitrogens with one attached hydrogen (secondary N) is 1. The number of carbonyl (C=O) groups is 1. The van der Waals surface area contributed by atoms with Crippen molar-refractivity contribution in [3.63, 3.8) is 0 Å². The third kappa shape index (κ3) is 1.50. The molecule has 0 radical (unpaired) electrons. The van der Waals surface area contributed by atoms with Crippen molar-refractivity contribution in [2.75, 3.05) is 7.11 Å². The van der Waals surface area contributed by atoms with Gasteiger partial charge in [0, 0.05) is 11.8 Å². The average Bonchev–Trinajstić information content (AvgIpc) is 2.89. The Hall–Kier alpha value is -0.770. The van der Waals surface area contributed by atoms with Gasteiger partial charge in [0.15, 0.2) is 0 Å². The highest BCUT2D eigenvalue weighted by atomic mass is 79.9. The van der Waals surface area contributed by atoms with Crippen molar-refractivity contribution < 1.29 is 9.53 Å². The third-order valence-corrected chi connectivity index (χ3v) is 2.92. The molecule has 0 unspecified atom stereocenters. The molecule has 0 bridgehead atoms. The van der Waals surface area contributed by atoms with Crippen LogP contribution < -0.4 is 0 Å². The van der Waals surface area contributed by atoms with E-state index < -0.39 is 0 Å². The topological polar surface area (TPSA) is 42.1 Å². The lowest BCUT2D eigenvalue weighted by Gasteiger charge is -2.00. The zero-order valence-electron chi connectivity index (χ0n) is 7.26. The van der Waals surface area contributed by atoms with Gasteiger partial charge in [-0.3, -0.25) is 0 Å². The van der Waals surface area contributed by atoms with E-state index in [1.54, 1.807) is 6.20 Å². The van der Waals surface area contributed by atoms with Crippen LogP contribution in [0.3, 0.4) is 0 Å². The molecule has 1 aliphatic rings. The van der Waals surface area contributed by atoms with E-state index in [1.165, 1.54) is 20.0 Å². The van der Waals surface area contributed by atoms with Gasteiger partial charge in [-0.2, -0.15) is 0 Å². The molecular formula is C9H10BrNO2. The fraction of sp³-hybridized carbons (Fsp3) is 0.444. The number of hydrogen-bond donors (Lipinski definition) is 1. The quantitative estimate of drug-likeness (QED) is 0.812. The van der Waals surface area contributed by atoms with Crippen LogP contribution in [0.5, 0.6) is 0 Å². The van der Waals surface area contributed by atoms with E-state index in [9.17, 15) is 4.79 Å². The molecule has 2 rings (SSSR count). The molecular weight excluding hydrogens is 234 g/mol. The Kier molecular flexibility index (Phi) is 2.15. The number of rotatable bonds is 2. The first-order valence-electron chi connectivity index (χ1n) is 4.19. The van der Waals surface area contributed by atoms with E-state index in [-0.39, 0.29) is 5.97 Å². The second-order valence-electron chi connectivity index (χ2n) is 3.20. The zero-order valence-corrected chi connectivity index (χ0v) is 8.85. The Balaban J connectivity index is 2.39. The van der Waals surface area contributed by atoms with Crippen molar-refractivity contribution in [1.82, 2.24) is 4.98 Å². The van der Waals surface area contributed by atoms with Crippen LogP contribution in [0.15, 0.2) is 10.8 Å². The summed E-state index contributed by atoms with van der Waals surface area (Å²) in [6, 6.07) is 0. The summed E-state index contributed by atoms with van der Waals surface area (Å²) < 4.78 is 5.60. The highest BCUT2D eigenvalue weighted by Crippen LogP contribution is 2.44. The molecule has 0 spiro atoms. The maximum absolute atomic E-state index is 11.3. The molecule has 0 atom stereocenters. The zero-order chi connectivity index (χ0) is 9.42. The van der Waals surface area contributed by atoms with Gasteiger partial charge < -0.3 is 9.72 Å². The Labute approximate surface area is 84.6 Å². The van der Waals surface area contributed by atoms with E-state index in [0.717, 1.165) is 10.2 Å². The number of carbonyl (C=O) groups excluding carboxylic acids is 1. The van der Waals surface area contributed by atoms with Crippen molar-refractivity contribution in [2.24, 2.45) is 0 Å². The van der Waals surface area contributed by atoms with Gasteiger partial charge in [-0.15, -0.1) is 0 Å². The normalized spacial score (nSPS) is 15.8. The molecule has 0 aliphatic heterocycles. The predicted molar refractivity (Wildman–Crippen MR) is 51.8 cm³/mol. The second-order valence-corrected chi connectivity index (χ2v) is 3.99. The molecule has 4 heteroatoms. The van der Waals surface area contributed by atoms with Crippen molar-refractivity contribution in [2.45, 2.75) is 18.8 Å². The SMILES string of the molecule is COC(=O)c1c[nH]c(Br)c1C1CC1. The second kappa shape index (κ2) is 3.18. The van der Waals surface area contributed by atoms with E-state index in [0.29, 0.717) is 11.5 Å². The molecule has 1 aromatic heterocycles. The molecule has 0 saturated heterocycles. The average molecular weight is 244 g/mol. The number of aromatic amines is 1. The van der Waals surface area contributed by atoms with Crippen LogP contribution in [-0.2, 0) is 4.74 Å². The molecule has 1 saturated carbocycles. The van der Waals surface area contributed by atoms with Crippen molar-refractivity contribution in [3.8, 4) is 0 Å². The van der Waals surface area contributed by atoms with Crippen LogP contribution in [0.25, 0.3) is 0 Å². The molecule has 1 fully saturated rings. The number of ether oxygens (including phenoxy) is 1. The van der Waals surface area contributed by atoms with Gasteiger partial charge in [-0.25, -0.2) is 4.79 Å². The minimum absolute atomic E-state index is 0.260. The molecule has 3 nitrogen and oxygen atoms in total. The Morgan fingerprint density at radius 1 is 1.69 bits per heavy atom. The van der Waals surface area contributed by atoms with Crippen LogP contribution in [0, 0.1) is 0 Å². The highest BCUT2D eigenvalue weighted by Gasteiger charge is 2.31. The summed E-state index contributed by atoms with van der Waals surface area (Å²) in [6.45, 7) is 0. The number of methoxy groups -OCH3 is 1. The minimum Gasteiger partial charge on any atom is -0.465 e. The van der Waals surface area contributed by atoms with E-state index in [4.69, 9.17) is 0 Å². The van der Waals surface area contributed by atoms with E-state index >= 15 is 0 Å². The Bertz CT molecular complexity index is 341. The van der Waals surface area contributed by atoms with Gasteiger partial charge in [-0.1, -0.05) is 0 Å². The van der Waals surface area contributed by atoms with Crippen LogP contribution in [0.1, 0.15) is 34.7 Å². The summed E-state index contributed by atoms with van der Waals surface area (Å²) >= 11 is 3.39. The first-order chi connectivity index (χ1) is 6.24. The summed E-state index contributed by atoms with van der Waals surface area (Å²) in [5.41, 5.74) is 1.74. The molecule has 1 heterocycles. The molecule has 1 aliphatic carbocycles. The standard InChI is InChI=1S/C9H10BrNO2/c1-13-9(12)6-4-11-8(10)7(6)5-2-3-5/h4-5,11H,2-3H2,1H3. The monoisotopic (exact) mass is 243 g/mol. The number of aromatic nitrogens is 1. The lowest BCUT2D eigenvalue weighted by molar-refractivity contribution is 0.0599. The first kappa shape index (κ1) is 8.81. The van der Waals surface area contributed by atoms with Crippen molar-refractivity contribution >= 4 is 21.9 Å². The van der Waals surface area contributed by atoms with Gasteiger partial charge in [0.2, 0.25) is 0 Å². The van der Waals surface area contributed by atoms with E-state index in [1.807, 2.05) is 0 Å². The van der Waals surface area contributed by atoms with Crippen LogP contribution in [0.4, 0.5) is 0 Å². The molecule has 0 amide bonds. The Morgan fingerprint density at radius 2 is 2.38 bits per heavy atom. The van der Waals surface area contributed by atoms with Gasteiger partial charge in [0.25, 0.3) is 0 Å². The van der Waals surface area contributed by atoms with Gasteiger partial charge in [0.1, 0.15) is 0 Å². The fourth-order valence-corrected chi connectivity index (χ4v) is 2.11. The largest absolute Gasteiger partial charge is 0.465 e. The molecule has 1 N–H and O–H groups in total. The predicted octanol–water partition coefficient (Wildman–Crippen LogP) is 2.44. The maximum atomic E-state index is 11.3. The molecule has 0 aromatic carbocycles. The summed E-state index contributed by atoms with van der Waals surface area (Å²) in [6.07, 6.45) is 4.03. The van der Waals surface area contributed by atoms with Crippen LogP contribution in [-0.4, -0.2) is 18.1 Å².